The average molecular weight is 319 g/mol. The number of hydrogen-bond donors (Lipinski definition) is 0. The number of allylic oxidation sites excluding steroid dienone is 4. The van der Waals surface area contributed by atoms with Crippen LogP contribution in [0.3, 0.4) is 0 Å². The first-order valence-corrected chi connectivity index (χ1v) is 8.64. The number of unbranched alkanes of at least 4 members (excludes halogenated alkanes) is 4. The van der Waals surface area contributed by atoms with Crippen molar-refractivity contribution < 1.29 is 9.53 Å². The van der Waals surface area contributed by atoms with Crippen LogP contribution in [0.15, 0.2) is 49.6 Å². The van der Waals surface area contributed by atoms with Gasteiger partial charge in [0.2, 0.25) is 0 Å². The Kier molecular flexibility index (Phi) is 15.6. The Morgan fingerprint density at radius 3 is 1.87 bits per heavy atom. The van der Waals surface area contributed by atoms with Gasteiger partial charge in [-0.2, -0.15) is 0 Å². The first-order valence-electron chi connectivity index (χ1n) is 8.64. The number of carbonyl (C=O) groups excluding carboxylic acids is 1. The standard InChI is InChI=1S/C20H33NO2/c1-4-7-9-11-13-15-17-21(19-20(22)23-6-3)18-16-14-12-10-8-5-2/h4-5,13-16H,1-2,6-12,17-19H2,3H3. The SMILES string of the molecule is C=CCCCC=CCN(CC=CCCCC=C)CC(=O)OCC. The number of esters is 1. The highest BCUT2D eigenvalue weighted by Crippen LogP contribution is 2.00. The molecule has 0 bridgehead atoms. The molecule has 0 aliphatic carbocycles. The van der Waals surface area contributed by atoms with Crippen molar-refractivity contribution in [2.75, 3.05) is 26.2 Å². The van der Waals surface area contributed by atoms with E-state index in [-0.39, 0.29) is 5.97 Å². The fourth-order valence-corrected chi connectivity index (χ4v) is 2.04. The highest BCUT2D eigenvalue weighted by molar-refractivity contribution is 5.71. The van der Waals surface area contributed by atoms with E-state index >= 15 is 0 Å². The van der Waals surface area contributed by atoms with E-state index in [1.165, 1.54) is 0 Å². The van der Waals surface area contributed by atoms with E-state index in [1.807, 2.05) is 19.1 Å². The van der Waals surface area contributed by atoms with Crippen LogP contribution in [0.4, 0.5) is 0 Å². The topological polar surface area (TPSA) is 29.5 Å². The predicted molar refractivity (Wildman–Crippen MR) is 99.4 cm³/mol. The van der Waals surface area contributed by atoms with Crippen molar-refractivity contribution >= 4 is 5.97 Å². The summed E-state index contributed by atoms with van der Waals surface area (Å²) in [5, 5.41) is 0. The van der Waals surface area contributed by atoms with Gasteiger partial charge in [-0.3, -0.25) is 9.69 Å². The smallest absolute Gasteiger partial charge is 0.320 e. The summed E-state index contributed by atoms with van der Waals surface area (Å²) in [5.41, 5.74) is 0. The molecule has 0 unspecified atom stereocenters. The zero-order valence-corrected chi connectivity index (χ0v) is 14.7. The van der Waals surface area contributed by atoms with E-state index in [0.717, 1.165) is 51.6 Å². The lowest BCUT2D eigenvalue weighted by atomic mass is 10.2. The van der Waals surface area contributed by atoms with Gasteiger partial charge < -0.3 is 4.74 Å². The minimum atomic E-state index is -0.160. The fraction of sp³-hybridized carbons (Fsp3) is 0.550. The van der Waals surface area contributed by atoms with Crippen LogP contribution < -0.4 is 0 Å². The maximum absolute atomic E-state index is 11.7. The summed E-state index contributed by atoms with van der Waals surface area (Å²) in [6.45, 7) is 11.6. The molecular formula is C20H33NO2. The molecule has 0 N–H and O–H groups in total. The van der Waals surface area contributed by atoms with E-state index in [2.05, 4.69) is 42.4 Å². The molecule has 0 amide bonds. The van der Waals surface area contributed by atoms with Crippen LogP contribution in [-0.2, 0) is 9.53 Å². The third-order valence-corrected chi connectivity index (χ3v) is 3.28. The molecule has 0 aliphatic heterocycles. The highest BCUT2D eigenvalue weighted by Gasteiger charge is 2.08. The third-order valence-electron chi connectivity index (χ3n) is 3.28. The number of ether oxygens (including phenoxy) is 1. The molecule has 0 saturated carbocycles. The Morgan fingerprint density at radius 2 is 1.43 bits per heavy atom. The molecule has 0 heterocycles. The maximum Gasteiger partial charge on any atom is 0.320 e. The van der Waals surface area contributed by atoms with Crippen LogP contribution in [0, 0.1) is 0 Å². The Morgan fingerprint density at radius 1 is 0.913 bits per heavy atom. The molecule has 0 aromatic rings. The molecular weight excluding hydrogens is 286 g/mol. The molecule has 0 atom stereocenters. The molecule has 3 nitrogen and oxygen atoms in total. The van der Waals surface area contributed by atoms with Gasteiger partial charge >= 0.3 is 5.97 Å². The zero-order valence-electron chi connectivity index (χ0n) is 14.7. The van der Waals surface area contributed by atoms with E-state index in [9.17, 15) is 4.79 Å². The lowest BCUT2D eigenvalue weighted by molar-refractivity contribution is -0.144. The van der Waals surface area contributed by atoms with E-state index < -0.39 is 0 Å². The van der Waals surface area contributed by atoms with Crippen LogP contribution in [0.1, 0.15) is 45.4 Å². The number of nitrogens with zero attached hydrogens (tertiary/aromatic N) is 1. The molecule has 0 radical (unpaired) electrons. The first kappa shape index (κ1) is 21.4. The summed E-state index contributed by atoms with van der Waals surface area (Å²) >= 11 is 0. The largest absolute Gasteiger partial charge is 0.465 e. The van der Waals surface area contributed by atoms with Gasteiger partial charge in [0.05, 0.1) is 13.2 Å². The minimum absolute atomic E-state index is 0.160. The molecule has 0 saturated heterocycles. The van der Waals surface area contributed by atoms with Crippen molar-refractivity contribution in [1.82, 2.24) is 4.90 Å². The summed E-state index contributed by atoms with van der Waals surface area (Å²) in [7, 11) is 0. The van der Waals surface area contributed by atoms with Crippen LogP contribution >= 0.6 is 0 Å². The summed E-state index contributed by atoms with van der Waals surface area (Å²) in [6.07, 6.45) is 19.0. The Hall–Kier alpha value is -1.61. The zero-order chi connectivity index (χ0) is 17.2. The molecule has 0 aromatic carbocycles. The molecule has 130 valence electrons. The second-order valence-corrected chi connectivity index (χ2v) is 5.38. The third kappa shape index (κ3) is 15.1. The number of hydrogen-bond acceptors (Lipinski definition) is 3. The average Bonchev–Trinajstić information content (AvgIpc) is 2.53. The summed E-state index contributed by atoms with van der Waals surface area (Å²) < 4.78 is 5.04. The normalized spacial score (nSPS) is 11.4. The Labute approximate surface area is 142 Å². The molecule has 3 heteroatoms. The second-order valence-electron chi connectivity index (χ2n) is 5.38. The number of carbonyl (C=O) groups is 1. The van der Waals surface area contributed by atoms with Crippen molar-refractivity contribution in [3.63, 3.8) is 0 Å². The summed E-state index contributed by atoms with van der Waals surface area (Å²) in [5.74, 6) is -0.160. The van der Waals surface area contributed by atoms with Crippen LogP contribution in [-0.4, -0.2) is 37.1 Å². The second kappa shape index (κ2) is 16.8. The molecule has 0 spiro atoms. The van der Waals surface area contributed by atoms with Crippen molar-refractivity contribution in [3.05, 3.63) is 49.6 Å². The van der Waals surface area contributed by atoms with Gasteiger partial charge in [0.1, 0.15) is 0 Å². The van der Waals surface area contributed by atoms with Gasteiger partial charge in [-0.1, -0.05) is 36.5 Å². The Balaban J connectivity index is 4.18. The Bertz CT molecular complexity index is 346. The first-order chi connectivity index (χ1) is 11.2. The molecule has 23 heavy (non-hydrogen) atoms. The lowest BCUT2D eigenvalue weighted by Crippen LogP contribution is -2.31. The molecule has 0 fully saturated rings. The molecule has 0 rings (SSSR count). The van der Waals surface area contributed by atoms with Gasteiger partial charge in [-0.15, -0.1) is 13.2 Å². The predicted octanol–water partition coefficient (Wildman–Crippen LogP) is 4.68. The quantitative estimate of drug-likeness (QED) is 0.249. The van der Waals surface area contributed by atoms with E-state index in [4.69, 9.17) is 4.74 Å². The van der Waals surface area contributed by atoms with Crippen molar-refractivity contribution in [2.45, 2.75) is 45.4 Å². The molecule has 0 aliphatic rings. The van der Waals surface area contributed by atoms with Crippen LogP contribution in [0.25, 0.3) is 0 Å². The summed E-state index contributed by atoms with van der Waals surface area (Å²) in [4.78, 5) is 13.8. The van der Waals surface area contributed by atoms with Crippen molar-refractivity contribution in [1.29, 1.82) is 0 Å². The molecule has 0 aromatic heterocycles. The van der Waals surface area contributed by atoms with Crippen molar-refractivity contribution in [2.24, 2.45) is 0 Å². The maximum atomic E-state index is 11.7. The van der Waals surface area contributed by atoms with Crippen molar-refractivity contribution in [3.8, 4) is 0 Å². The van der Waals surface area contributed by atoms with Gasteiger partial charge in [0, 0.05) is 13.1 Å². The van der Waals surface area contributed by atoms with Gasteiger partial charge in [-0.05, 0) is 45.4 Å². The van der Waals surface area contributed by atoms with Crippen LogP contribution in [0.5, 0.6) is 0 Å². The summed E-state index contributed by atoms with van der Waals surface area (Å²) in [6, 6.07) is 0. The monoisotopic (exact) mass is 319 g/mol. The number of rotatable bonds is 15. The highest BCUT2D eigenvalue weighted by atomic mass is 16.5. The van der Waals surface area contributed by atoms with Gasteiger partial charge in [0.25, 0.3) is 0 Å². The van der Waals surface area contributed by atoms with Crippen LogP contribution in [0.2, 0.25) is 0 Å². The minimum Gasteiger partial charge on any atom is -0.465 e. The van der Waals surface area contributed by atoms with Gasteiger partial charge in [-0.25, -0.2) is 0 Å². The fourth-order valence-electron chi connectivity index (χ4n) is 2.04. The van der Waals surface area contributed by atoms with E-state index in [1.54, 1.807) is 0 Å². The van der Waals surface area contributed by atoms with Gasteiger partial charge in [0.15, 0.2) is 0 Å². The van der Waals surface area contributed by atoms with E-state index in [0.29, 0.717) is 13.2 Å². The lowest BCUT2D eigenvalue weighted by Gasteiger charge is -2.17.